The van der Waals surface area contributed by atoms with E-state index in [1.54, 1.807) is 6.92 Å². The van der Waals surface area contributed by atoms with Crippen molar-refractivity contribution < 1.29 is 9.53 Å². The minimum Gasteiger partial charge on any atom is -0.465 e. The summed E-state index contributed by atoms with van der Waals surface area (Å²) >= 11 is 3.37. The van der Waals surface area contributed by atoms with Crippen molar-refractivity contribution in [2.45, 2.75) is 33.2 Å². The van der Waals surface area contributed by atoms with Gasteiger partial charge in [0.2, 0.25) is 0 Å². The molecule has 1 rings (SSSR count). The second-order valence-electron chi connectivity index (χ2n) is 3.70. The fourth-order valence-corrected chi connectivity index (χ4v) is 2.03. The number of hydrogen-bond donors (Lipinski definition) is 1. The number of carbonyl (C=O) groups is 1. The molecule has 0 bridgehead atoms. The van der Waals surface area contributed by atoms with E-state index in [2.05, 4.69) is 21.0 Å². The van der Waals surface area contributed by atoms with Gasteiger partial charge in [0.05, 0.1) is 16.8 Å². The average Bonchev–Trinajstić information content (AvgIpc) is 2.46. The highest BCUT2D eigenvalue weighted by Gasteiger charge is 2.17. The molecule has 6 heteroatoms. The third-order valence-electron chi connectivity index (χ3n) is 2.09. The van der Waals surface area contributed by atoms with Gasteiger partial charge in [0.1, 0.15) is 12.4 Å². The number of rotatable bonds is 4. The first-order valence-corrected chi connectivity index (χ1v) is 5.94. The highest BCUT2D eigenvalue weighted by Crippen LogP contribution is 2.28. The Morgan fingerprint density at radius 2 is 2.25 bits per heavy atom. The molecule has 1 aromatic rings. The summed E-state index contributed by atoms with van der Waals surface area (Å²) in [6.07, 6.45) is 0. The van der Waals surface area contributed by atoms with Gasteiger partial charge in [0.25, 0.3) is 0 Å². The van der Waals surface area contributed by atoms with E-state index in [1.807, 2.05) is 13.8 Å². The van der Waals surface area contributed by atoms with Crippen molar-refractivity contribution in [3.63, 3.8) is 0 Å². The average molecular weight is 290 g/mol. The standard InChI is InChI=1S/C10H16BrN3O2/c1-4-16-7(15)5-14-10(12)8(11)9(13-14)6(2)3/h6H,4-5,12H2,1-3H3. The van der Waals surface area contributed by atoms with Crippen LogP contribution in [0.3, 0.4) is 0 Å². The number of anilines is 1. The minimum absolute atomic E-state index is 0.0466. The predicted octanol–water partition coefficient (Wildman–Crippen LogP) is 1.91. The highest BCUT2D eigenvalue weighted by molar-refractivity contribution is 9.10. The maximum atomic E-state index is 11.3. The zero-order valence-corrected chi connectivity index (χ0v) is 11.2. The SMILES string of the molecule is CCOC(=O)Cn1nc(C(C)C)c(Br)c1N. The van der Waals surface area contributed by atoms with E-state index in [9.17, 15) is 4.79 Å². The Balaban J connectivity index is 2.89. The number of nitrogens with zero attached hydrogens (tertiary/aromatic N) is 2. The van der Waals surface area contributed by atoms with Crippen molar-refractivity contribution in [1.29, 1.82) is 0 Å². The van der Waals surface area contributed by atoms with E-state index in [-0.39, 0.29) is 18.4 Å². The van der Waals surface area contributed by atoms with Gasteiger partial charge in [0.15, 0.2) is 0 Å². The minimum atomic E-state index is -0.334. The van der Waals surface area contributed by atoms with E-state index >= 15 is 0 Å². The topological polar surface area (TPSA) is 70.1 Å². The molecule has 0 saturated carbocycles. The molecule has 0 aromatic carbocycles. The number of halogens is 1. The number of nitrogens with two attached hydrogens (primary N) is 1. The van der Waals surface area contributed by atoms with Gasteiger partial charge in [-0.15, -0.1) is 0 Å². The Hall–Kier alpha value is -1.04. The summed E-state index contributed by atoms with van der Waals surface area (Å²) < 4.78 is 7.05. The summed E-state index contributed by atoms with van der Waals surface area (Å²) in [5.74, 6) is 0.372. The number of ether oxygens (including phenoxy) is 1. The zero-order valence-electron chi connectivity index (χ0n) is 9.66. The van der Waals surface area contributed by atoms with Gasteiger partial charge < -0.3 is 10.5 Å². The van der Waals surface area contributed by atoms with Gasteiger partial charge >= 0.3 is 5.97 Å². The van der Waals surface area contributed by atoms with Crippen LogP contribution in [0.4, 0.5) is 5.82 Å². The molecule has 0 aliphatic rings. The molecule has 90 valence electrons. The van der Waals surface area contributed by atoms with Crippen LogP contribution in [0.5, 0.6) is 0 Å². The first-order valence-electron chi connectivity index (χ1n) is 5.14. The third-order valence-corrected chi connectivity index (χ3v) is 2.90. The van der Waals surface area contributed by atoms with E-state index < -0.39 is 0 Å². The molecule has 0 amide bonds. The van der Waals surface area contributed by atoms with Crippen molar-refractivity contribution in [3.8, 4) is 0 Å². The molecule has 5 nitrogen and oxygen atoms in total. The molecule has 1 aromatic heterocycles. The lowest BCUT2D eigenvalue weighted by Crippen LogP contribution is -2.16. The van der Waals surface area contributed by atoms with Gasteiger partial charge in [-0.05, 0) is 28.8 Å². The van der Waals surface area contributed by atoms with E-state index in [0.29, 0.717) is 12.4 Å². The molecule has 16 heavy (non-hydrogen) atoms. The van der Waals surface area contributed by atoms with E-state index in [0.717, 1.165) is 10.2 Å². The molecule has 2 N–H and O–H groups in total. The van der Waals surface area contributed by atoms with E-state index in [4.69, 9.17) is 10.5 Å². The molecule has 0 fully saturated rings. The molecule has 0 saturated heterocycles. The lowest BCUT2D eigenvalue weighted by Gasteiger charge is -2.03. The van der Waals surface area contributed by atoms with Crippen molar-refractivity contribution in [3.05, 3.63) is 10.2 Å². The molecule has 0 radical (unpaired) electrons. The van der Waals surface area contributed by atoms with Crippen LogP contribution in [0.25, 0.3) is 0 Å². The van der Waals surface area contributed by atoms with Gasteiger partial charge in [-0.25, -0.2) is 4.68 Å². The molecule has 0 aliphatic heterocycles. The van der Waals surface area contributed by atoms with Gasteiger partial charge in [-0.3, -0.25) is 4.79 Å². The Kier molecular flexibility index (Phi) is 4.35. The van der Waals surface area contributed by atoms with Crippen molar-refractivity contribution >= 4 is 27.7 Å². The smallest absolute Gasteiger partial charge is 0.327 e. The molecule has 0 spiro atoms. The molecular weight excluding hydrogens is 274 g/mol. The fraction of sp³-hybridized carbons (Fsp3) is 0.600. The Bertz CT molecular complexity index is 388. The van der Waals surface area contributed by atoms with Crippen LogP contribution in [0.2, 0.25) is 0 Å². The summed E-state index contributed by atoms with van der Waals surface area (Å²) in [5.41, 5.74) is 6.68. The number of hydrogen-bond acceptors (Lipinski definition) is 4. The quantitative estimate of drug-likeness (QED) is 0.860. The van der Waals surface area contributed by atoms with Crippen LogP contribution < -0.4 is 5.73 Å². The van der Waals surface area contributed by atoms with E-state index in [1.165, 1.54) is 4.68 Å². The van der Waals surface area contributed by atoms with Crippen LogP contribution in [-0.4, -0.2) is 22.4 Å². The zero-order chi connectivity index (χ0) is 12.3. The normalized spacial score (nSPS) is 10.8. The lowest BCUT2D eigenvalue weighted by molar-refractivity contribution is -0.144. The second-order valence-corrected chi connectivity index (χ2v) is 4.49. The number of carbonyl (C=O) groups excluding carboxylic acids is 1. The number of aromatic nitrogens is 2. The third kappa shape index (κ3) is 2.75. The predicted molar refractivity (Wildman–Crippen MR) is 65.1 cm³/mol. The van der Waals surface area contributed by atoms with Crippen molar-refractivity contribution in [1.82, 2.24) is 9.78 Å². The second kappa shape index (κ2) is 5.34. The van der Waals surface area contributed by atoms with Gasteiger partial charge in [-0.1, -0.05) is 13.8 Å². The summed E-state index contributed by atoms with van der Waals surface area (Å²) in [4.78, 5) is 11.3. The summed E-state index contributed by atoms with van der Waals surface area (Å²) in [6, 6.07) is 0. The summed E-state index contributed by atoms with van der Waals surface area (Å²) in [6.45, 7) is 6.20. The number of esters is 1. The molecule has 0 aliphatic carbocycles. The monoisotopic (exact) mass is 289 g/mol. The molecular formula is C10H16BrN3O2. The maximum Gasteiger partial charge on any atom is 0.327 e. The number of nitrogen functional groups attached to an aromatic ring is 1. The first-order chi connectivity index (χ1) is 7.47. The molecule has 0 atom stereocenters. The molecule has 0 unspecified atom stereocenters. The van der Waals surface area contributed by atoms with Crippen molar-refractivity contribution in [2.75, 3.05) is 12.3 Å². The Morgan fingerprint density at radius 3 is 2.69 bits per heavy atom. The van der Waals surface area contributed by atoms with Crippen LogP contribution in [0.15, 0.2) is 4.47 Å². The summed E-state index contributed by atoms with van der Waals surface area (Å²) in [5, 5.41) is 4.28. The molecule has 1 heterocycles. The van der Waals surface area contributed by atoms with Gasteiger partial charge in [0, 0.05) is 0 Å². The fourth-order valence-electron chi connectivity index (χ4n) is 1.29. The van der Waals surface area contributed by atoms with Crippen molar-refractivity contribution in [2.24, 2.45) is 0 Å². The summed E-state index contributed by atoms with van der Waals surface area (Å²) in [7, 11) is 0. The Morgan fingerprint density at radius 1 is 1.62 bits per heavy atom. The largest absolute Gasteiger partial charge is 0.465 e. The van der Waals surface area contributed by atoms with Crippen LogP contribution in [-0.2, 0) is 16.1 Å². The Labute approximate surface area is 103 Å². The van der Waals surface area contributed by atoms with Crippen LogP contribution in [0.1, 0.15) is 32.4 Å². The first kappa shape index (κ1) is 13.0. The van der Waals surface area contributed by atoms with Gasteiger partial charge in [-0.2, -0.15) is 5.10 Å². The van der Waals surface area contributed by atoms with Crippen LogP contribution in [0, 0.1) is 0 Å². The lowest BCUT2D eigenvalue weighted by atomic mass is 10.1. The highest BCUT2D eigenvalue weighted by atomic mass is 79.9. The maximum absolute atomic E-state index is 11.3. The van der Waals surface area contributed by atoms with Crippen LogP contribution >= 0.6 is 15.9 Å².